The lowest BCUT2D eigenvalue weighted by Gasteiger charge is -2.30. The number of likely N-dealkylation sites (tertiary alicyclic amines) is 1. The number of thiophene rings is 1. The fourth-order valence-electron chi connectivity index (χ4n) is 3.93. The second-order valence-electron chi connectivity index (χ2n) is 8.67. The Hall–Kier alpha value is -2.80. The number of sulfonamides is 1. The van der Waals surface area contributed by atoms with Gasteiger partial charge in [0.15, 0.2) is 0 Å². The zero-order chi connectivity index (χ0) is 25.0. The molecule has 188 valence electrons. The molecule has 0 aliphatic carbocycles. The summed E-state index contributed by atoms with van der Waals surface area (Å²) in [5.74, 6) is 1.18. The van der Waals surface area contributed by atoms with Crippen LogP contribution in [0, 0.1) is 5.92 Å². The Balaban J connectivity index is 1.35. The van der Waals surface area contributed by atoms with Gasteiger partial charge >= 0.3 is 0 Å². The number of anilines is 1. The van der Waals surface area contributed by atoms with Gasteiger partial charge in [-0.2, -0.15) is 4.98 Å². The van der Waals surface area contributed by atoms with E-state index in [0.717, 1.165) is 4.88 Å². The van der Waals surface area contributed by atoms with E-state index < -0.39 is 10.0 Å². The lowest BCUT2D eigenvalue weighted by Crippen LogP contribution is -2.38. The largest absolute Gasteiger partial charge is 0.495 e. The van der Waals surface area contributed by atoms with Crippen molar-refractivity contribution in [3.05, 3.63) is 41.6 Å². The lowest BCUT2D eigenvalue weighted by molar-refractivity contribution is -0.121. The fourth-order valence-corrected chi connectivity index (χ4v) is 5.86. The molecule has 1 saturated heterocycles. The van der Waals surface area contributed by atoms with E-state index in [1.807, 2.05) is 17.5 Å². The molecule has 0 radical (unpaired) electrons. The van der Waals surface area contributed by atoms with Crippen LogP contribution in [0.1, 0.15) is 32.6 Å². The molecule has 10 nitrogen and oxygen atoms in total. The summed E-state index contributed by atoms with van der Waals surface area (Å²) in [7, 11) is -2.22. The van der Waals surface area contributed by atoms with Crippen LogP contribution in [0.2, 0.25) is 0 Å². The van der Waals surface area contributed by atoms with Crippen LogP contribution in [0.25, 0.3) is 10.7 Å². The van der Waals surface area contributed by atoms with E-state index in [-0.39, 0.29) is 22.8 Å². The van der Waals surface area contributed by atoms with Gasteiger partial charge in [0.1, 0.15) is 5.75 Å². The number of nitrogens with one attached hydrogen (secondary N) is 2. The number of carbonyl (C=O) groups excluding carboxylic acids is 1. The van der Waals surface area contributed by atoms with E-state index in [0.29, 0.717) is 55.6 Å². The molecule has 1 aliphatic rings. The van der Waals surface area contributed by atoms with Gasteiger partial charge in [-0.15, -0.1) is 11.3 Å². The van der Waals surface area contributed by atoms with Crippen molar-refractivity contribution in [3.63, 3.8) is 0 Å². The highest BCUT2D eigenvalue weighted by Gasteiger charge is 2.27. The van der Waals surface area contributed by atoms with E-state index >= 15 is 0 Å². The molecule has 0 saturated carbocycles. The molecule has 1 aliphatic heterocycles. The van der Waals surface area contributed by atoms with Crippen LogP contribution in [-0.2, 0) is 21.4 Å². The van der Waals surface area contributed by atoms with Gasteiger partial charge in [0.25, 0.3) is 0 Å². The topological polar surface area (TPSA) is 127 Å². The van der Waals surface area contributed by atoms with Gasteiger partial charge in [-0.05, 0) is 69.4 Å². The minimum atomic E-state index is -3.70. The first-order chi connectivity index (χ1) is 16.7. The second kappa shape index (κ2) is 10.9. The van der Waals surface area contributed by atoms with Crippen molar-refractivity contribution in [2.45, 2.75) is 44.2 Å². The van der Waals surface area contributed by atoms with E-state index in [9.17, 15) is 13.2 Å². The van der Waals surface area contributed by atoms with Crippen LogP contribution >= 0.6 is 11.3 Å². The van der Waals surface area contributed by atoms with E-state index in [2.05, 4.69) is 25.1 Å². The number of amides is 1. The minimum Gasteiger partial charge on any atom is -0.495 e. The van der Waals surface area contributed by atoms with Crippen molar-refractivity contribution in [2.24, 2.45) is 5.92 Å². The van der Waals surface area contributed by atoms with Crippen LogP contribution in [0.4, 0.5) is 5.69 Å². The average Bonchev–Trinajstić information content (AvgIpc) is 3.51. The number of nitrogens with zero attached hydrogens (tertiary/aromatic N) is 3. The zero-order valence-electron chi connectivity index (χ0n) is 19.9. The zero-order valence-corrected chi connectivity index (χ0v) is 21.5. The Morgan fingerprint density at radius 2 is 2.06 bits per heavy atom. The molecule has 1 amide bonds. The van der Waals surface area contributed by atoms with Crippen LogP contribution < -0.4 is 14.8 Å². The van der Waals surface area contributed by atoms with Crippen LogP contribution in [-0.4, -0.2) is 55.6 Å². The molecule has 0 atom stereocenters. The highest BCUT2D eigenvalue weighted by molar-refractivity contribution is 7.89. The van der Waals surface area contributed by atoms with Gasteiger partial charge in [-0.1, -0.05) is 11.2 Å². The maximum atomic E-state index is 13.0. The lowest BCUT2D eigenvalue weighted by atomic mass is 9.96. The summed E-state index contributed by atoms with van der Waals surface area (Å²) in [6.45, 7) is 5.44. The molecule has 2 N–H and O–H groups in total. The maximum Gasteiger partial charge on any atom is 0.241 e. The van der Waals surface area contributed by atoms with Crippen molar-refractivity contribution in [1.29, 1.82) is 0 Å². The van der Waals surface area contributed by atoms with Crippen LogP contribution in [0.5, 0.6) is 5.75 Å². The molecule has 12 heteroatoms. The third kappa shape index (κ3) is 6.26. The third-order valence-electron chi connectivity index (χ3n) is 5.66. The average molecular weight is 520 g/mol. The molecule has 0 bridgehead atoms. The molecule has 1 aromatic carbocycles. The summed E-state index contributed by atoms with van der Waals surface area (Å²) >= 11 is 1.56. The Kier molecular flexibility index (Phi) is 7.85. The Morgan fingerprint density at radius 1 is 1.29 bits per heavy atom. The SMILES string of the molecule is COc1ccc(S(=O)(=O)NC(C)C)cc1NC(=O)C1CCN(Cc2nc(-c3cccs3)no2)CC1. The van der Waals surface area contributed by atoms with Gasteiger partial charge < -0.3 is 14.6 Å². The summed E-state index contributed by atoms with van der Waals surface area (Å²) in [6, 6.07) is 8.07. The maximum absolute atomic E-state index is 13.0. The van der Waals surface area contributed by atoms with E-state index in [4.69, 9.17) is 9.26 Å². The van der Waals surface area contributed by atoms with Crippen molar-refractivity contribution >= 4 is 33.0 Å². The predicted octanol–water partition coefficient (Wildman–Crippen LogP) is 3.34. The van der Waals surface area contributed by atoms with Crippen molar-refractivity contribution < 1.29 is 22.5 Å². The van der Waals surface area contributed by atoms with E-state index in [1.54, 1.807) is 31.3 Å². The number of ether oxygens (including phenoxy) is 1. The second-order valence-corrected chi connectivity index (χ2v) is 11.3. The normalized spacial score (nSPS) is 15.4. The molecular formula is C23H29N5O5S2. The molecule has 35 heavy (non-hydrogen) atoms. The van der Waals surface area contributed by atoms with E-state index in [1.165, 1.54) is 19.2 Å². The van der Waals surface area contributed by atoms with Gasteiger partial charge in [-0.25, -0.2) is 13.1 Å². The first kappa shape index (κ1) is 25.3. The molecular weight excluding hydrogens is 490 g/mol. The van der Waals surface area contributed by atoms with Crippen molar-refractivity contribution in [3.8, 4) is 16.5 Å². The van der Waals surface area contributed by atoms with Gasteiger partial charge in [0.2, 0.25) is 27.6 Å². The highest BCUT2D eigenvalue weighted by Crippen LogP contribution is 2.29. The summed E-state index contributed by atoms with van der Waals surface area (Å²) in [6.07, 6.45) is 1.32. The number of carbonyl (C=O) groups is 1. The molecule has 0 unspecified atom stereocenters. The quantitative estimate of drug-likeness (QED) is 0.441. The molecule has 3 heterocycles. The number of methoxy groups -OCH3 is 1. The Morgan fingerprint density at radius 3 is 2.71 bits per heavy atom. The number of aromatic nitrogens is 2. The molecule has 0 spiro atoms. The molecule has 2 aromatic heterocycles. The molecule has 4 rings (SSSR count). The van der Waals surface area contributed by atoms with Crippen molar-refractivity contribution in [1.82, 2.24) is 19.8 Å². The van der Waals surface area contributed by atoms with Crippen LogP contribution in [0.15, 0.2) is 45.1 Å². The number of rotatable bonds is 9. The van der Waals surface area contributed by atoms with Gasteiger partial charge in [0.05, 0.1) is 29.1 Å². The number of benzene rings is 1. The predicted molar refractivity (Wildman–Crippen MR) is 133 cm³/mol. The number of hydrogen-bond acceptors (Lipinski definition) is 9. The summed E-state index contributed by atoms with van der Waals surface area (Å²) in [4.78, 5) is 20.7. The smallest absolute Gasteiger partial charge is 0.241 e. The summed E-state index contributed by atoms with van der Waals surface area (Å²) in [5.41, 5.74) is 0.332. The van der Waals surface area contributed by atoms with Gasteiger partial charge in [0, 0.05) is 12.0 Å². The molecule has 1 fully saturated rings. The third-order valence-corrected chi connectivity index (χ3v) is 8.18. The van der Waals surface area contributed by atoms with Crippen molar-refractivity contribution in [2.75, 3.05) is 25.5 Å². The van der Waals surface area contributed by atoms with Crippen LogP contribution in [0.3, 0.4) is 0 Å². The summed E-state index contributed by atoms with van der Waals surface area (Å²) < 4.78 is 38.4. The van der Waals surface area contributed by atoms with Gasteiger partial charge in [-0.3, -0.25) is 9.69 Å². The Bertz CT molecular complexity index is 1250. The fraction of sp³-hybridized carbons (Fsp3) is 0.435. The molecule has 3 aromatic rings. The minimum absolute atomic E-state index is 0.0681. The number of piperidine rings is 1. The monoisotopic (exact) mass is 519 g/mol. The first-order valence-corrected chi connectivity index (χ1v) is 13.7. The standard InChI is InChI=1S/C23H29N5O5S2/c1-15(2)27-35(30,31)17-6-7-19(32-3)18(13-17)24-23(29)16-8-10-28(11-9-16)14-21-25-22(26-33-21)20-5-4-12-34-20/h4-7,12-13,15-16,27H,8-11,14H2,1-3H3,(H,24,29). The number of hydrogen-bond donors (Lipinski definition) is 2. The first-order valence-electron chi connectivity index (χ1n) is 11.3. The Labute approximate surface area is 208 Å². The highest BCUT2D eigenvalue weighted by atomic mass is 32.2. The summed E-state index contributed by atoms with van der Waals surface area (Å²) in [5, 5.41) is 8.88.